The van der Waals surface area contributed by atoms with Gasteiger partial charge in [0.15, 0.2) is 0 Å². The second-order valence-corrected chi connectivity index (χ2v) is 10.1. The standard InChI is InChI=1S/C34H18F4/c35-19-9-13-23(27(37)15-19)30-21-3-1-2-4-22(21)31(24-14-10-20(36)16-28(24)38)34-26-12-8-18-6-5-17-7-11-25(33(30)34)32(26)29(17)18/h1-4,7-16H,5-6H2. The molecule has 0 bridgehead atoms. The van der Waals surface area contributed by atoms with Crippen LogP contribution in [0.25, 0.3) is 66.1 Å². The highest BCUT2D eigenvalue weighted by atomic mass is 19.1. The lowest BCUT2D eigenvalue weighted by atomic mass is 9.82. The van der Waals surface area contributed by atoms with E-state index < -0.39 is 23.3 Å². The van der Waals surface area contributed by atoms with Crippen LogP contribution >= 0.6 is 0 Å². The average molecular weight is 503 g/mol. The summed E-state index contributed by atoms with van der Waals surface area (Å²) in [4.78, 5) is 0. The van der Waals surface area contributed by atoms with Gasteiger partial charge in [-0.15, -0.1) is 0 Å². The number of rotatable bonds is 2. The molecule has 0 atom stereocenters. The van der Waals surface area contributed by atoms with Crippen LogP contribution in [-0.2, 0) is 12.8 Å². The van der Waals surface area contributed by atoms with Gasteiger partial charge < -0.3 is 0 Å². The van der Waals surface area contributed by atoms with Crippen molar-refractivity contribution in [1.29, 1.82) is 0 Å². The zero-order chi connectivity index (χ0) is 25.7. The van der Waals surface area contributed by atoms with Gasteiger partial charge >= 0.3 is 0 Å². The van der Waals surface area contributed by atoms with Crippen molar-refractivity contribution in [1.82, 2.24) is 0 Å². The summed E-state index contributed by atoms with van der Waals surface area (Å²) in [6, 6.07) is 23.2. The van der Waals surface area contributed by atoms with Gasteiger partial charge in [0.2, 0.25) is 0 Å². The fourth-order valence-electron chi connectivity index (χ4n) is 6.67. The third-order valence-electron chi connectivity index (χ3n) is 8.15. The van der Waals surface area contributed by atoms with Gasteiger partial charge in [-0.25, -0.2) is 17.6 Å². The van der Waals surface area contributed by atoms with E-state index in [1.807, 2.05) is 24.3 Å². The second kappa shape index (κ2) is 7.55. The van der Waals surface area contributed by atoms with E-state index in [1.54, 1.807) is 0 Å². The van der Waals surface area contributed by atoms with E-state index >= 15 is 8.78 Å². The molecule has 2 aliphatic carbocycles. The summed E-state index contributed by atoms with van der Waals surface area (Å²) in [6.45, 7) is 0. The van der Waals surface area contributed by atoms with Gasteiger partial charge in [0.05, 0.1) is 0 Å². The third kappa shape index (κ3) is 2.75. The summed E-state index contributed by atoms with van der Waals surface area (Å²) in [5.41, 5.74) is 7.86. The Kier molecular flexibility index (Phi) is 4.29. The van der Waals surface area contributed by atoms with Crippen LogP contribution in [0.4, 0.5) is 17.6 Å². The molecule has 0 unspecified atom stereocenters. The van der Waals surface area contributed by atoms with Crippen molar-refractivity contribution in [2.24, 2.45) is 0 Å². The third-order valence-corrected chi connectivity index (χ3v) is 8.15. The Morgan fingerprint density at radius 3 is 1.32 bits per heavy atom. The van der Waals surface area contributed by atoms with Gasteiger partial charge in [-0.05, 0) is 92.0 Å². The molecule has 2 aliphatic rings. The van der Waals surface area contributed by atoms with Gasteiger partial charge in [0, 0.05) is 34.4 Å². The maximum absolute atomic E-state index is 15.5. The summed E-state index contributed by atoms with van der Waals surface area (Å²) < 4.78 is 59.0. The van der Waals surface area contributed by atoms with Crippen LogP contribution in [-0.4, -0.2) is 0 Å². The zero-order valence-corrected chi connectivity index (χ0v) is 20.0. The molecule has 182 valence electrons. The maximum atomic E-state index is 15.5. The van der Waals surface area contributed by atoms with E-state index in [0.29, 0.717) is 11.1 Å². The summed E-state index contributed by atoms with van der Waals surface area (Å²) in [5, 5.41) is 3.72. The first-order valence-electron chi connectivity index (χ1n) is 12.6. The summed E-state index contributed by atoms with van der Waals surface area (Å²) in [6.07, 6.45) is 1.90. The fraction of sp³-hybridized carbons (Fsp3) is 0.0588. The smallest absolute Gasteiger partial charge is 0.133 e. The molecule has 4 heteroatoms. The van der Waals surface area contributed by atoms with Crippen molar-refractivity contribution in [2.45, 2.75) is 12.8 Å². The number of hydrogen-bond acceptors (Lipinski definition) is 0. The Labute approximate surface area is 215 Å². The van der Waals surface area contributed by atoms with Gasteiger partial charge in [-0.3, -0.25) is 0 Å². The minimum Gasteiger partial charge on any atom is -0.207 e. The first kappa shape index (κ1) is 21.6. The van der Waals surface area contributed by atoms with Crippen molar-refractivity contribution >= 4 is 21.5 Å². The van der Waals surface area contributed by atoms with Crippen molar-refractivity contribution in [3.05, 3.63) is 119 Å². The van der Waals surface area contributed by atoms with Gasteiger partial charge in [-0.2, -0.15) is 0 Å². The topological polar surface area (TPSA) is 0 Å². The van der Waals surface area contributed by atoms with E-state index in [4.69, 9.17) is 0 Å². The Bertz CT molecular complexity index is 1880. The molecular weight excluding hydrogens is 484 g/mol. The lowest BCUT2D eigenvalue weighted by Crippen LogP contribution is -1.97. The quantitative estimate of drug-likeness (QED) is 0.207. The maximum Gasteiger partial charge on any atom is 0.133 e. The Hall–Kier alpha value is -4.44. The predicted octanol–water partition coefficient (Wildman–Crippen LogP) is 9.63. The van der Waals surface area contributed by atoms with Crippen LogP contribution in [0.1, 0.15) is 11.1 Å². The molecular formula is C34H18F4. The highest BCUT2D eigenvalue weighted by Gasteiger charge is 2.33. The van der Waals surface area contributed by atoms with E-state index in [9.17, 15) is 8.78 Å². The first-order valence-corrected chi connectivity index (χ1v) is 12.6. The molecule has 0 nitrogen and oxygen atoms in total. The molecule has 38 heavy (non-hydrogen) atoms. The van der Waals surface area contributed by atoms with Crippen LogP contribution in [0.2, 0.25) is 0 Å². The summed E-state index contributed by atoms with van der Waals surface area (Å²) in [7, 11) is 0. The minimum absolute atomic E-state index is 0.283. The van der Waals surface area contributed by atoms with Gasteiger partial charge in [0.1, 0.15) is 23.3 Å². The van der Waals surface area contributed by atoms with Gasteiger partial charge in [0.25, 0.3) is 0 Å². The number of benzene rings is 6. The van der Waals surface area contributed by atoms with Crippen LogP contribution < -0.4 is 0 Å². The molecule has 8 rings (SSSR count). The average Bonchev–Trinajstić information content (AvgIpc) is 3.47. The molecule has 6 aromatic rings. The molecule has 0 saturated heterocycles. The van der Waals surface area contributed by atoms with Crippen molar-refractivity contribution < 1.29 is 17.6 Å². The highest BCUT2D eigenvalue weighted by Crippen LogP contribution is 2.59. The number of aryl methyl sites for hydroxylation is 2. The van der Waals surface area contributed by atoms with Crippen molar-refractivity contribution in [3.63, 3.8) is 0 Å². The van der Waals surface area contributed by atoms with Crippen molar-refractivity contribution in [2.75, 3.05) is 0 Å². The molecule has 0 spiro atoms. The first-order chi connectivity index (χ1) is 18.5. The van der Waals surface area contributed by atoms with E-state index in [0.717, 1.165) is 63.4 Å². The summed E-state index contributed by atoms with van der Waals surface area (Å²) in [5.74, 6) is -2.62. The second-order valence-electron chi connectivity index (χ2n) is 10.1. The normalized spacial score (nSPS) is 13.1. The van der Waals surface area contributed by atoms with Crippen LogP contribution in [0, 0.1) is 23.3 Å². The fourth-order valence-corrected chi connectivity index (χ4v) is 6.67. The van der Waals surface area contributed by atoms with Crippen molar-refractivity contribution in [3.8, 4) is 44.5 Å². The zero-order valence-electron chi connectivity index (χ0n) is 20.0. The van der Waals surface area contributed by atoms with E-state index in [1.165, 1.54) is 40.8 Å². The van der Waals surface area contributed by atoms with E-state index in [2.05, 4.69) is 24.3 Å². The number of hydrogen-bond donors (Lipinski definition) is 0. The molecule has 0 saturated carbocycles. The Morgan fingerprint density at radius 2 is 0.868 bits per heavy atom. The molecule has 0 fully saturated rings. The highest BCUT2D eigenvalue weighted by molar-refractivity contribution is 6.28. The van der Waals surface area contributed by atoms with Crippen LogP contribution in [0.15, 0.2) is 84.9 Å². The Morgan fingerprint density at radius 1 is 0.421 bits per heavy atom. The molecule has 0 heterocycles. The Balaban J connectivity index is 1.64. The van der Waals surface area contributed by atoms with Gasteiger partial charge in [-0.1, -0.05) is 48.5 Å². The lowest BCUT2D eigenvalue weighted by molar-refractivity contribution is 0.585. The number of fused-ring (bicyclic) bond motifs is 4. The molecule has 0 aromatic heterocycles. The minimum atomic E-state index is -0.660. The SMILES string of the molecule is Fc1ccc(-c2c3c(c(-c4ccc(F)cc4F)c4ccccc24)-c2ccc4c5c(ccc-3c25)CC4)c(F)c1. The number of halogens is 4. The monoisotopic (exact) mass is 502 g/mol. The summed E-state index contributed by atoms with van der Waals surface area (Å²) >= 11 is 0. The van der Waals surface area contributed by atoms with Crippen LogP contribution in [0.5, 0.6) is 0 Å². The largest absolute Gasteiger partial charge is 0.207 e. The molecule has 0 aliphatic heterocycles. The lowest BCUT2D eigenvalue weighted by Gasteiger charge is -2.21. The molecule has 0 radical (unpaired) electrons. The van der Waals surface area contributed by atoms with E-state index in [-0.39, 0.29) is 11.1 Å². The molecule has 0 N–H and O–H groups in total. The molecule has 0 amide bonds. The van der Waals surface area contributed by atoms with Crippen LogP contribution in [0.3, 0.4) is 0 Å². The predicted molar refractivity (Wildman–Crippen MR) is 144 cm³/mol. The molecule has 6 aromatic carbocycles.